The van der Waals surface area contributed by atoms with Crippen molar-refractivity contribution in [3.63, 3.8) is 0 Å². The van der Waals surface area contributed by atoms with Crippen molar-refractivity contribution in [3.8, 4) is 11.5 Å². The van der Waals surface area contributed by atoms with Gasteiger partial charge in [0, 0.05) is 37.3 Å². The Labute approximate surface area is 229 Å². The lowest BCUT2D eigenvalue weighted by atomic mass is 10.0. The van der Waals surface area contributed by atoms with Crippen molar-refractivity contribution in [2.24, 2.45) is 7.05 Å². The number of amides is 2. The van der Waals surface area contributed by atoms with Crippen molar-refractivity contribution >= 4 is 35.2 Å². The number of nitrogens with zero attached hydrogens (tertiary/aromatic N) is 5. The number of nitrogens with one attached hydrogen (secondary N) is 2. The van der Waals surface area contributed by atoms with Gasteiger partial charge in [0.15, 0.2) is 5.76 Å². The van der Waals surface area contributed by atoms with Gasteiger partial charge in [0.1, 0.15) is 23.3 Å². The second-order valence-electron chi connectivity index (χ2n) is 9.36. The fraction of sp³-hybridized carbons (Fsp3) is 0.296. The molecule has 1 aliphatic rings. The Bertz CT molecular complexity index is 1530. The van der Waals surface area contributed by atoms with E-state index in [9.17, 15) is 14.7 Å². The first kappa shape index (κ1) is 26.4. The van der Waals surface area contributed by atoms with Crippen molar-refractivity contribution in [2.45, 2.75) is 32.4 Å². The highest BCUT2D eigenvalue weighted by Gasteiger charge is 2.35. The van der Waals surface area contributed by atoms with Crippen LogP contribution in [0.4, 0.5) is 11.8 Å². The summed E-state index contributed by atoms with van der Waals surface area (Å²) in [6, 6.07) is 8.98. The maximum atomic E-state index is 13.4. The van der Waals surface area contributed by atoms with E-state index in [4.69, 9.17) is 16.0 Å². The number of aryl methyl sites for hydroxylation is 2. The maximum Gasteiger partial charge on any atom is 0.258 e. The number of aliphatic hydroxyl groups excluding tert-OH is 1. The topological polar surface area (TPSA) is 138 Å². The van der Waals surface area contributed by atoms with Crippen LogP contribution in [0.5, 0.6) is 0 Å². The molecule has 0 radical (unpaired) electrons. The van der Waals surface area contributed by atoms with E-state index in [0.717, 1.165) is 11.4 Å². The SMILES string of the molecule is Cc1cnc(Nc2ccnn2C)nc1-c1cc2c(o1)CCN([C@H](C)C(=O)N[C@H](CO)c1cccc(Cl)c1)C2=O. The van der Waals surface area contributed by atoms with E-state index in [1.165, 1.54) is 4.90 Å². The van der Waals surface area contributed by atoms with Crippen molar-refractivity contribution in [1.82, 2.24) is 30.0 Å². The molecule has 3 aromatic heterocycles. The molecule has 1 aliphatic heterocycles. The third-order valence-corrected chi connectivity index (χ3v) is 6.98. The summed E-state index contributed by atoms with van der Waals surface area (Å²) < 4.78 is 7.73. The van der Waals surface area contributed by atoms with E-state index >= 15 is 0 Å². The van der Waals surface area contributed by atoms with Crippen molar-refractivity contribution in [3.05, 3.63) is 76.3 Å². The number of fused-ring (bicyclic) bond motifs is 1. The molecule has 12 heteroatoms. The number of carbonyl (C=O) groups excluding carboxylic acids is 2. The number of benzene rings is 1. The number of hydrogen-bond acceptors (Lipinski definition) is 8. The Morgan fingerprint density at radius 1 is 1.28 bits per heavy atom. The fourth-order valence-corrected chi connectivity index (χ4v) is 4.71. The number of carbonyl (C=O) groups is 2. The molecule has 0 saturated carbocycles. The molecule has 0 fully saturated rings. The van der Waals surface area contributed by atoms with Gasteiger partial charge < -0.3 is 25.1 Å². The van der Waals surface area contributed by atoms with Crippen LogP contribution in [0.15, 0.2) is 53.2 Å². The lowest BCUT2D eigenvalue weighted by molar-refractivity contribution is -0.126. The summed E-state index contributed by atoms with van der Waals surface area (Å²) in [5.41, 5.74) is 2.41. The third-order valence-electron chi connectivity index (χ3n) is 6.74. The zero-order valence-electron chi connectivity index (χ0n) is 21.7. The molecule has 0 saturated heterocycles. The molecule has 4 aromatic rings. The Kier molecular flexibility index (Phi) is 7.36. The van der Waals surface area contributed by atoms with Gasteiger partial charge in [-0.2, -0.15) is 5.10 Å². The average molecular weight is 550 g/mol. The zero-order chi connectivity index (χ0) is 27.7. The van der Waals surface area contributed by atoms with Crippen LogP contribution >= 0.6 is 11.6 Å². The third kappa shape index (κ3) is 5.36. The second-order valence-corrected chi connectivity index (χ2v) is 9.80. The van der Waals surface area contributed by atoms with Crippen molar-refractivity contribution < 1.29 is 19.1 Å². The minimum atomic E-state index is -0.771. The predicted molar refractivity (Wildman–Crippen MR) is 145 cm³/mol. The summed E-state index contributed by atoms with van der Waals surface area (Å²) in [7, 11) is 1.80. The van der Waals surface area contributed by atoms with E-state index in [1.54, 1.807) is 67.4 Å². The van der Waals surface area contributed by atoms with E-state index in [-0.39, 0.29) is 18.4 Å². The molecule has 0 unspecified atom stereocenters. The summed E-state index contributed by atoms with van der Waals surface area (Å²) in [6.45, 7) is 3.53. The molecule has 0 spiro atoms. The van der Waals surface area contributed by atoms with Gasteiger partial charge in [0.2, 0.25) is 11.9 Å². The summed E-state index contributed by atoms with van der Waals surface area (Å²) in [4.78, 5) is 37.0. The van der Waals surface area contributed by atoms with Gasteiger partial charge in [-0.3, -0.25) is 14.3 Å². The van der Waals surface area contributed by atoms with Gasteiger partial charge in [0.05, 0.1) is 24.4 Å². The number of aliphatic hydroxyl groups is 1. The molecular weight excluding hydrogens is 522 g/mol. The molecule has 0 bridgehead atoms. The number of anilines is 2. The Hall–Kier alpha value is -4.22. The Balaban J connectivity index is 1.33. The van der Waals surface area contributed by atoms with E-state index < -0.39 is 12.1 Å². The molecule has 5 rings (SSSR count). The highest BCUT2D eigenvalue weighted by molar-refractivity contribution is 6.30. The number of hydrogen-bond donors (Lipinski definition) is 3. The van der Waals surface area contributed by atoms with Crippen LogP contribution in [0.3, 0.4) is 0 Å². The smallest absolute Gasteiger partial charge is 0.258 e. The maximum absolute atomic E-state index is 13.4. The molecule has 2 atom stereocenters. The predicted octanol–water partition coefficient (Wildman–Crippen LogP) is 3.41. The molecule has 3 N–H and O–H groups in total. The van der Waals surface area contributed by atoms with Crippen LogP contribution in [0.25, 0.3) is 11.5 Å². The quantitative estimate of drug-likeness (QED) is 0.304. The minimum Gasteiger partial charge on any atom is -0.459 e. The van der Waals surface area contributed by atoms with Gasteiger partial charge in [-0.25, -0.2) is 9.97 Å². The van der Waals surface area contributed by atoms with Gasteiger partial charge in [-0.1, -0.05) is 23.7 Å². The minimum absolute atomic E-state index is 0.308. The van der Waals surface area contributed by atoms with Crippen LogP contribution < -0.4 is 10.6 Å². The number of aromatic nitrogens is 4. The summed E-state index contributed by atoms with van der Waals surface area (Å²) in [5, 5.41) is 20.4. The molecule has 4 heterocycles. The van der Waals surface area contributed by atoms with Gasteiger partial charge >= 0.3 is 0 Å². The zero-order valence-corrected chi connectivity index (χ0v) is 22.4. The van der Waals surface area contributed by atoms with Crippen molar-refractivity contribution in [1.29, 1.82) is 0 Å². The average Bonchev–Trinajstić information content (AvgIpc) is 3.54. The lowest BCUT2D eigenvalue weighted by Gasteiger charge is -2.32. The highest BCUT2D eigenvalue weighted by Crippen LogP contribution is 2.31. The highest BCUT2D eigenvalue weighted by atomic mass is 35.5. The molecule has 0 aliphatic carbocycles. The number of furan rings is 1. The Morgan fingerprint density at radius 2 is 2.10 bits per heavy atom. The Morgan fingerprint density at radius 3 is 2.82 bits per heavy atom. The lowest BCUT2D eigenvalue weighted by Crippen LogP contribution is -2.51. The molecule has 1 aromatic carbocycles. The van der Waals surface area contributed by atoms with Gasteiger partial charge in [-0.15, -0.1) is 0 Å². The molecule has 39 heavy (non-hydrogen) atoms. The number of rotatable bonds is 8. The van der Waals surface area contributed by atoms with E-state index in [0.29, 0.717) is 52.3 Å². The van der Waals surface area contributed by atoms with E-state index in [1.807, 2.05) is 6.92 Å². The van der Waals surface area contributed by atoms with Crippen molar-refractivity contribution in [2.75, 3.05) is 18.5 Å². The fourth-order valence-electron chi connectivity index (χ4n) is 4.51. The van der Waals surface area contributed by atoms with Crippen LogP contribution in [0, 0.1) is 6.92 Å². The van der Waals surface area contributed by atoms with Gasteiger partial charge in [-0.05, 0) is 43.2 Å². The normalized spacial score (nSPS) is 14.6. The molecule has 202 valence electrons. The summed E-state index contributed by atoms with van der Waals surface area (Å²) >= 11 is 6.07. The van der Waals surface area contributed by atoms with E-state index in [2.05, 4.69) is 25.7 Å². The molecular formula is C27H28ClN7O4. The standard InChI is InChI=1S/C27H28ClN7O4/c1-15-13-29-27(32-23-7-9-30-34(23)3)33-24(15)22-12-19-21(39-22)8-10-35(26(19)38)16(2)25(37)31-20(14-36)17-5-4-6-18(28)11-17/h4-7,9,11-13,16,20,36H,8,10,14H2,1-3H3,(H,31,37)(H,29,32,33)/t16-,20-/m1/s1. The molecule has 2 amide bonds. The number of halogens is 1. The van der Waals surface area contributed by atoms with Gasteiger partial charge in [0.25, 0.3) is 5.91 Å². The first-order chi connectivity index (χ1) is 18.7. The summed E-state index contributed by atoms with van der Waals surface area (Å²) in [5.74, 6) is 1.39. The molecule has 11 nitrogen and oxygen atoms in total. The first-order valence-corrected chi connectivity index (χ1v) is 12.8. The van der Waals surface area contributed by atoms with Crippen LogP contribution in [0.2, 0.25) is 5.02 Å². The van der Waals surface area contributed by atoms with Crippen LogP contribution in [-0.2, 0) is 18.3 Å². The first-order valence-electron chi connectivity index (χ1n) is 12.4. The summed E-state index contributed by atoms with van der Waals surface area (Å²) in [6.07, 6.45) is 3.79. The second kappa shape index (κ2) is 10.9. The largest absolute Gasteiger partial charge is 0.459 e. The van der Waals surface area contributed by atoms with Crippen LogP contribution in [-0.4, -0.2) is 60.8 Å². The van der Waals surface area contributed by atoms with Crippen LogP contribution in [0.1, 0.15) is 40.2 Å². The monoisotopic (exact) mass is 549 g/mol.